The zero-order valence-corrected chi connectivity index (χ0v) is 26.2. The molecule has 3 heterocycles. The molecule has 1 unspecified atom stereocenters. The number of aromatic amines is 1. The summed E-state index contributed by atoms with van der Waals surface area (Å²) in [5.41, 5.74) is 3.61. The number of nitrogens with zero attached hydrogens (tertiary/aromatic N) is 2. The van der Waals surface area contributed by atoms with Crippen molar-refractivity contribution in [3.8, 4) is 5.75 Å². The molecule has 228 valence electrons. The smallest absolute Gasteiger partial charge is 0.228 e. The van der Waals surface area contributed by atoms with Crippen LogP contribution in [0, 0.1) is 11.8 Å². The molecule has 3 atom stereocenters. The fourth-order valence-corrected chi connectivity index (χ4v) is 7.76. The van der Waals surface area contributed by atoms with Crippen LogP contribution >= 0.6 is 0 Å². The summed E-state index contributed by atoms with van der Waals surface area (Å²) in [7, 11) is 1.66. The molecule has 3 amide bonds. The van der Waals surface area contributed by atoms with Gasteiger partial charge in [-0.15, -0.1) is 0 Å². The molecule has 3 aliphatic rings. The molecule has 1 saturated heterocycles. The van der Waals surface area contributed by atoms with Crippen molar-refractivity contribution in [2.24, 2.45) is 11.8 Å². The van der Waals surface area contributed by atoms with Gasteiger partial charge in [0.25, 0.3) is 0 Å². The van der Waals surface area contributed by atoms with Gasteiger partial charge >= 0.3 is 0 Å². The number of H-pyrrole nitrogens is 1. The van der Waals surface area contributed by atoms with Gasteiger partial charge in [-0.05, 0) is 103 Å². The van der Waals surface area contributed by atoms with E-state index in [9.17, 15) is 14.4 Å². The van der Waals surface area contributed by atoms with E-state index in [1.165, 1.54) is 18.4 Å². The molecule has 8 nitrogen and oxygen atoms in total. The monoisotopic (exact) mass is 576 g/mol. The predicted molar refractivity (Wildman–Crippen MR) is 165 cm³/mol. The van der Waals surface area contributed by atoms with Crippen LogP contribution in [0.4, 0.5) is 0 Å². The third-order valence-electron chi connectivity index (χ3n) is 9.83. The highest BCUT2D eigenvalue weighted by Gasteiger charge is 2.57. The molecule has 0 radical (unpaired) electrons. The van der Waals surface area contributed by atoms with Crippen LogP contribution in [0.5, 0.6) is 5.75 Å². The zero-order chi connectivity index (χ0) is 30.2. The summed E-state index contributed by atoms with van der Waals surface area (Å²) in [6.07, 6.45) is 8.99. The molecule has 0 bridgehead atoms. The maximum Gasteiger partial charge on any atom is 0.228 e. The van der Waals surface area contributed by atoms with Gasteiger partial charge in [0.1, 0.15) is 5.75 Å². The van der Waals surface area contributed by atoms with E-state index in [0.717, 1.165) is 47.2 Å². The van der Waals surface area contributed by atoms with Gasteiger partial charge in [0.2, 0.25) is 17.7 Å². The lowest BCUT2D eigenvalue weighted by Gasteiger charge is -2.54. The van der Waals surface area contributed by atoms with Crippen molar-refractivity contribution in [3.05, 3.63) is 41.1 Å². The SMILES string of the molecule is COc1ccc2[nH]c3c(c2c1)CCN1C(=O)C(CC(=O)NCCC2=CCCCC2)C[C@H](C(=O)N(C(C)C)C(C)C)[C@@]31C. The van der Waals surface area contributed by atoms with E-state index in [1.54, 1.807) is 7.11 Å². The van der Waals surface area contributed by atoms with Crippen LogP contribution in [0.25, 0.3) is 10.9 Å². The second-order valence-corrected chi connectivity index (χ2v) is 13.1. The molecule has 1 fully saturated rings. The first-order chi connectivity index (χ1) is 20.1. The average Bonchev–Trinajstić information content (AvgIpc) is 3.34. The summed E-state index contributed by atoms with van der Waals surface area (Å²) in [4.78, 5) is 49.2. The van der Waals surface area contributed by atoms with E-state index in [0.29, 0.717) is 25.9 Å². The quantitative estimate of drug-likeness (QED) is 0.388. The highest BCUT2D eigenvalue weighted by Crippen LogP contribution is 2.50. The molecule has 0 saturated carbocycles. The van der Waals surface area contributed by atoms with Crippen LogP contribution in [0.1, 0.15) is 90.8 Å². The van der Waals surface area contributed by atoms with Gasteiger partial charge in [0.15, 0.2) is 0 Å². The number of allylic oxidation sites excluding steroid dienone is 1. The first-order valence-electron chi connectivity index (χ1n) is 15.8. The van der Waals surface area contributed by atoms with Crippen molar-refractivity contribution in [1.82, 2.24) is 20.1 Å². The van der Waals surface area contributed by atoms with Gasteiger partial charge in [-0.2, -0.15) is 0 Å². The highest BCUT2D eigenvalue weighted by molar-refractivity contribution is 5.93. The number of carbonyl (C=O) groups excluding carboxylic acids is 3. The van der Waals surface area contributed by atoms with Gasteiger partial charge in [-0.3, -0.25) is 14.4 Å². The Balaban J connectivity index is 1.46. The molecule has 2 aliphatic heterocycles. The Bertz CT molecular complexity index is 1370. The standard InChI is InChI=1S/C34H48N4O4/c1-21(2)38(22(3)4)33(41)28-18-24(19-30(39)35-16-14-23-10-8-7-9-11-23)32(40)37-17-15-26-27-20-25(42-6)12-13-29(27)36-31(26)34(28,37)5/h10,12-13,20-22,24,28,36H,7-9,11,14-19H2,1-6H3,(H,35,39)/t24?,28-,34+/m1/s1. The lowest BCUT2D eigenvalue weighted by Crippen LogP contribution is -2.65. The molecule has 0 spiro atoms. The van der Waals surface area contributed by atoms with Gasteiger partial charge in [0.05, 0.1) is 18.6 Å². The molecular formula is C34H48N4O4. The normalized spacial score (nSPS) is 24.0. The average molecular weight is 577 g/mol. The summed E-state index contributed by atoms with van der Waals surface area (Å²) in [5, 5.41) is 4.14. The number of rotatable bonds is 9. The largest absolute Gasteiger partial charge is 0.497 e. The molecule has 42 heavy (non-hydrogen) atoms. The van der Waals surface area contributed by atoms with E-state index in [1.807, 2.05) is 62.6 Å². The summed E-state index contributed by atoms with van der Waals surface area (Å²) in [5.74, 6) is -0.347. The number of methoxy groups -OCH3 is 1. The van der Waals surface area contributed by atoms with Crippen molar-refractivity contribution in [3.63, 3.8) is 0 Å². The molecule has 1 aliphatic carbocycles. The molecule has 2 aromatic rings. The molecule has 5 rings (SSSR count). The minimum absolute atomic E-state index is 0.0121. The third-order valence-corrected chi connectivity index (χ3v) is 9.83. The number of hydrogen-bond donors (Lipinski definition) is 2. The van der Waals surface area contributed by atoms with E-state index in [2.05, 4.69) is 16.4 Å². The zero-order valence-electron chi connectivity index (χ0n) is 26.2. The van der Waals surface area contributed by atoms with Gasteiger partial charge < -0.3 is 24.8 Å². The van der Waals surface area contributed by atoms with Gasteiger partial charge in [0, 0.05) is 54.1 Å². The summed E-state index contributed by atoms with van der Waals surface area (Å²) in [6.45, 7) is 11.3. The topological polar surface area (TPSA) is 94.7 Å². The van der Waals surface area contributed by atoms with E-state index in [4.69, 9.17) is 4.74 Å². The molecule has 2 N–H and O–H groups in total. The number of piperidine rings is 1. The van der Waals surface area contributed by atoms with E-state index < -0.39 is 17.4 Å². The van der Waals surface area contributed by atoms with Crippen molar-refractivity contribution in [2.45, 2.75) is 104 Å². The maximum atomic E-state index is 14.5. The number of nitrogens with one attached hydrogen (secondary N) is 2. The molecule has 8 heteroatoms. The van der Waals surface area contributed by atoms with Crippen molar-refractivity contribution in [1.29, 1.82) is 0 Å². The van der Waals surface area contributed by atoms with Crippen molar-refractivity contribution < 1.29 is 19.1 Å². The van der Waals surface area contributed by atoms with Crippen LogP contribution in [0.3, 0.4) is 0 Å². The fraction of sp³-hybridized carbons (Fsp3) is 0.618. The van der Waals surface area contributed by atoms with Crippen LogP contribution in [0.15, 0.2) is 29.8 Å². The Kier molecular flexibility index (Phi) is 8.72. The first-order valence-corrected chi connectivity index (χ1v) is 15.8. The Morgan fingerprint density at radius 3 is 2.60 bits per heavy atom. The molecule has 1 aromatic heterocycles. The second-order valence-electron chi connectivity index (χ2n) is 13.1. The Morgan fingerprint density at radius 1 is 1.17 bits per heavy atom. The van der Waals surface area contributed by atoms with Gasteiger partial charge in [-0.25, -0.2) is 0 Å². The summed E-state index contributed by atoms with van der Waals surface area (Å²) in [6, 6.07) is 6.00. The summed E-state index contributed by atoms with van der Waals surface area (Å²) >= 11 is 0. The third kappa shape index (κ3) is 5.45. The Hall–Kier alpha value is -3.29. The van der Waals surface area contributed by atoms with Crippen LogP contribution in [-0.4, -0.2) is 64.8 Å². The number of fused-ring (bicyclic) bond motifs is 5. The predicted octanol–water partition coefficient (Wildman–Crippen LogP) is 5.45. The van der Waals surface area contributed by atoms with E-state index in [-0.39, 0.29) is 36.2 Å². The van der Waals surface area contributed by atoms with Crippen molar-refractivity contribution >= 4 is 28.6 Å². The lowest BCUT2D eigenvalue weighted by molar-refractivity contribution is -0.166. The van der Waals surface area contributed by atoms with Crippen LogP contribution in [-0.2, 0) is 26.3 Å². The number of ether oxygens (including phenoxy) is 1. The van der Waals surface area contributed by atoms with Gasteiger partial charge in [-0.1, -0.05) is 11.6 Å². The second kappa shape index (κ2) is 12.1. The lowest BCUT2D eigenvalue weighted by atomic mass is 9.67. The maximum absolute atomic E-state index is 14.5. The Morgan fingerprint density at radius 2 is 1.93 bits per heavy atom. The highest BCUT2D eigenvalue weighted by atomic mass is 16.5. The first kappa shape index (κ1) is 30.2. The number of hydrogen-bond acceptors (Lipinski definition) is 4. The van der Waals surface area contributed by atoms with E-state index >= 15 is 0 Å². The van der Waals surface area contributed by atoms with Crippen LogP contribution < -0.4 is 10.1 Å². The minimum Gasteiger partial charge on any atom is -0.497 e. The van der Waals surface area contributed by atoms with Crippen molar-refractivity contribution in [2.75, 3.05) is 20.2 Å². The minimum atomic E-state index is -0.851. The molecular weight excluding hydrogens is 528 g/mol. The number of carbonyl (C=O) groups is 3. The number of benzene rings is 1. The fourth-order valence-electron chi connectivity index (χ4n) is 7.76. The summed E-state index contributed by atoms with van der Waals surface area (Å²) < 4.78 is 5.51. The van der Waals surface area contributed by atoms with Crippen LogP contribution in [0.2, 0.25) is 0 Å². The molecule has 1 aromatic carbocycles. The number of amides is 3. The Labute approximate surface area is 250 Å². The number of aromatic nitrogens is 1.